The number of nitrogens with zero attached hydrogens (tertiary/aromatic N) is 1. The van der Waals surface area contributed by atoms with Crippen LogP contribution in [0.15, 0.2) is 18.3 Å². The normalized spacial score (nSPS) is 25.3. The van der Waals surface area contributed by atoms with E-state index in [0.717, 1.165) is 10.9 Å². The minimum Gasteiger partial charge on any atom is -0.384 e. The summed E-state index contributed by atoms with van der Waals surface area (Å²) in [6.45, 7) is 0. The SMILES string of the molecule is CSC1CCCCC1Nc1ccnc(N)c1. The van der Waals surface area contributed by atoms with Crippen LogP contribution < -0.4 is 11.1 Å². The minimum absolute atomic E-state index is 0.575. The fourth-order valence-electron chi connectivity index (χ4n) is 2.30. The Balaban J connectivity index is 2.02. The molecule has 0 radical (unpaired) electrons. The highest BCUT2D eigenvalue weighted by Crippen LogP contribution is 2.29. The Morgan fingerprint density at radius 2 is 2.25 bits per heavy atom. The molecular formula is C12H19N3S. The lowest BCUT2D eigenvalue weighted by Gasteiger charge is -2.31. The zero-order valence-corrected chi connectivity index (χ0v) is 10.5. The van der Waals surface area contributed by atoms with Crippen molar-refractivity contribution in [1.82, 2.24) is 4.98 Å². The van der Waals surface area contributed by atoms with Crippen LogP contribution in [0.2, 0.25) is 0 Å². The molecule has 88 valence electrons. The molecule has 0 bridgehead atoms. The number of nitrogens with two attached hydrogens (primary N) is 1. The van der Waals surface area contributed by atoms with E-state index in [1.165, 1.54) is 25.7 Å². The van der Waals surface area contributed by atoms with Crippen LogP contribution in [-0.4, -0.2) is 22.5 Å². The molecule has 1 fully saturated rings. The van der Waals surface area contributed by atoms with Gasteiger partial charge in [-0.2, -0.15) is 11.8 Å². The van der Waals surface area contributed by atoms with Gasteiger partial charge in [-0.1, -0.05) is 12.8 Å². The fourth-order valence-corrected chi connectivity index (χ4v) is 3.23. The van der Waals surface area contributed by atoms with E-state index in [0.29, 0.717) is 11.9 Å². The molecule has 2 unspecified atom stereocenters. The van der Waals surface area contributed by atoms with Crippen LogP contribution in [-0.2, 0) is 0 Å². The first kappa shape index (κ1) is 11.6. The lowest BCUT2D eigenvalue weighted by atomic mass is 9.94. The van der Waals surface area contributed by atoms with Crippen LogP contribution in [0.25, 0.3) is 0 Å². The molecule has 16 heavy (non-hydrogen) atoms. The summed E-state index contributed by atoms with van der Waals surface area (Å²) in [6.07, 6.45) is 9.23. The van der Waals surface area contributed by atoms with Gasteiger partial charge in [0, 0.05) is 29.2 Å². The van der Waals surface area contributed by atoms with Crippen LogP contribution in [0.1, 0.15) is 25.7 Å². The van der Waals surface area contributed by atoms with Gasteiger partial charge in [0.2, 0.25) is 0 Å². The van der Waals surface area contributed by atoms with Gasteiger partial charge in [0.25, 0.3) is 0 Å². The molecule has 0 aliphatic heterocycles. The van der Waals surface area contributed by atoms with Crippen LogP contribution in [0, 0.1) is 0 Å². The fraction of sp³-hybridized carbons (Fsp3) is 0.583. The summed E-state index contributed by atoms with van der Waals surface area (Å²) in [5, 5.41) is 4.31. The van der Waals surface area contributed by atoms with Crippen molar-refractivity contribution >= 4 is 23.3 Å². The zero-order valence-electron chi connectivity index (χ0n) is 9.65. The number of anilines is 2. The van der Waals surface area contributed by atoms with E-state index < -0.39 is 0 Å². The molecule has 3 N–H and O–H groups in total. The van der Waals surface area contributed by atoms with Crippen LogP contribution in [0.4, 0.5) is 11.5 Å². The second-order valence-electron chi connectivity index (χ2n) is 4.28. The monoisotopic (exact) mass is 237 g/mol. The summed E-state index contributed by atoms with van der Waals surface area (Å²) in [4.78, 5) is 4.00. The summed E-state index contributed by atoms with van der Waals surface area (Å²) in [5.74, 6) is 0.585. The highest BCUT2D eigenvalue weighted by Gasteiger charge is 2.23. The van der Waals surface area contributed by atoms with Crippen molar-refractivity contribution < 1.29 is 0 Å². The second-order valence-corrected chi connectivity index (χ2v) is 5.36. The van der Waals surface area contributed by atoms with Crippen molar-refractivity contribution in [2.75, 3.05) is 17.3 Å². The van der Waals surface area contributed by atoms with Crippen LogP contribution >= 0.6 is 11.8 Å². The predicted octanol–water partition coefficient (Wildman–Crippen LogP) is 2.75. The van der Waals surface area contributed by atoms with Gasteiger partial charge in [0.05, 0.1) is 0 Å². The highest BCUT2D eigenvalue weighted by atomic mass is 32.2. The summed E-state index contributed by atoms with van der Waals surface area (Å²) in [6, 6.07) is 4.47. The third-order valence-corrected chi connectivity index (χ3v) is 4.31. The first-order valence-electron chi connectivity index (χ1n) is 5.80. The number of rotatable bonds is 3. The van der Waals surface area contributed by atoms with Crippen molar-refractivity contribution in [2.24, 2.45) is 0 Å². The smallest absolute Gasteiger partial charge is 0.125 e. The predicted molar refractivity (Wildman–Crippen MR) is 71.8 cm³/mol. The largest absolute Gasteiger partial charge is 0.384 e. The van der Waals surface area contributed by atoms with Gasteiger partial charge in [0.15, 0.2) is 0 Å². The number of nitrogens with one attached hydrogen (secondary N) is 1. The maximum Gasteiger partial charge on any atom is 0.125 e. The molecule has 2 atom stereocenters. The van der Waals surface area contributed by atoms with E-state index >= 15 is 0 Å². The minimum atomic E-state index is 0.575. The summed E-state index contributed by atoms with van der Waals surface area (Å²) >= 11 is 1.97. The van der Waals surface area contributed by atoms with E-state index in [-0.39, 0.29) is 0 Å². The average Bonchev–Trinajstić information content (AvgIpc) is 2.30. The summed E-state index contributed by atoms with van der Waals surface area (Å²) < 4.78 is 0. The van der Waals surface area contributed by atoms with Crippen LogP contribution in [0.3, 0.4) is 0 Å². The van der Waals surface area contributed by atoms with Crippen molar-refractivity contribution in [2.45, 2.75) is 37.0 Å². The topological polar surface area (TPSA) is 50.9 Å². The molecule has 2 rings (SSSR count). The molecule has 0 saturated heterocycles. The lowest BCUT2D eigenvalue weighted by molar-refractivity contribution is 0.475. The zero-order chi connectivity index (χ0) is 11.4. The third-order valence-electron chi connectivity index (χ3n) is 3.14. The number of nitrogen functional groups attached to an aromatic ring is 1. The Kier molecular flexibility index (Phi) is 3.93. The molecular weight excluding hydrogens is 218 g/mol. The van der Waals surface area contributed by atoms with Crippen molar-refractivity contribution in [1.29, 1.82) is 0 Å². The second kappa shape index (κ2) is 5.43. The Hall–Kier alpha value is -0.900. The molecule has 4 heteroatoms. The Labute approximate surface area is 101 Å². The lowest BCUT2D eigenvalue weighted by Crippen LogP contribution is -2.34. The Bertz CT molecular complexity index is 343. The summed E-state index contributed by atoms with van der Waals surface area (Å²) in [7, 11) is 0. The number of aromatic nitrogens is 1. The highest BCUT2D eigenvalue weighted by molar-refractivity contribution is 7.99. The van der Waals surface area contributed by atoms with Crippen LogP contribution in [0.5, 0.6) is 0 Å². The number of thioether (sulfide) groups is 1. The van der Waals surface area contributed by atoms with Gasteiger partial charge >= 0.3 is 0 Å². The van der Waals surface area contributed by atoms with E-state index in [2.05, 4.69) is 16.6 Å². The van der Waals surface area contributed by atoms with Crippen molar-refractivity contribution in [3.05, 3.63) is 18.3 Å². The molecule has 1 aromatic heterocycles. The maximum absolute atomic E-state index is 5.67. The molecule has 0 aromatic carbocycles. The van der Waals surface area contributed by atoms with Gasteiger partial charge in [-0.05, 0) is 25.2 Å². The van der Waals surface area contributed by atoms with Crippen molar-refractivity contribution in [3.8, 4) is 0 Å². The molecule has 1 heterocycles. The van der Waals surface area contributed by atoms with E-state index in [9.17, 15) is 0 Å². The molecule has 3 nitrogen and oxygen atoms in total. The average molecular weight is 237 g/mol. The molecule has 1 saturated carbocycles. The van der Waals surface area contributed by atoms with E-state index in [1.54, 1.807) is 6.20 Å². The maximum atomic E-state index is 5.67. The van der Waals surface area contributed by atoms with Gasteiger partial charge in [0.1, 0.15) is 5.82 Å². The number of hydrogen-bond acceptors (Lipinski definition) is 4. The third kappa shape index (κ3) is 2.82. The Morgan fingerprint density at radius 3 is 3.00 bits per heavy atom. The van der Waals surface area contributed by atoms with Gasteiger partial charge in [-0.3, -0.25) is 0 Å². The first-order valence-corrected chi connectivity index (χ1v) is 7.09. The first-order chi connectivity index (χ1) is 7.79. The van der Waals surface area contributed by atoms with E-state index in [1.807, 2.05) is 23.9 Å². The van der Waals surface area contributed by atoms with E-state index in [4.69, 9.17) is 5.73 Å². The van der Waals surface area contributed by atoms with Crippen molar-refractivity contribution in [3.63, 3.8) is 0 Å². The summed E-state index contributed by atoms with van der Waals surface area (Å²) in [5.41, 5.74) is 6.77. The quantitative estimate of drug-likeness (QED) is 0.848. The number of hydrogen-bond donors (Lipinski definition) is 2. The Morgan fingerprint density at radius 1 is 1.44 bits per heavy atom. The van der Waals surface area contributed by atoms with Gasteiger partial charge in [-0.15, -0.1) is 0 Å². The van der Waals surface area contributed by atoms with Gasteiger partial charge < -0.3 is 11.1 Å². The molecule has 0 spiro atoms. The number of pyridine rings is 1. The molecule has 1 aliphatic rings. The standard InChI is InChI=1S/C12H19N3S/c1-16-11-5-3-2-4-10(11)15-9-6-7-14-12(13)8-9/h6-8,10-11H,2-5H2,1H3,(H3,13,14,15). The molecule has 1 aromatic rings. The molecule has 0 amide bonds. The molecule has 1 aliphatic carbocycles. The van der Waals surface area contributed by atoms with Gasteiger partial charge in [-0.25, -0.2) is 4.98 Å².